The van der Waals surface area contributed by atoms with Crippen molar-refractivity contribution in [3.05, 3.63) is 53.5 Å². The number of hydrogen-bond donors (Lipinski definition) is 0. The highest BCUT2D eigenvalue weighted by atomic mass is 35.5. The lowest BCUT2D eigenvalue weighted by atomic mass is 9.78. The Bertz CT molecular complexity index is 641. The lowest BCUT2D eigenvalue weighted by molar-refractivity contribution is 0.182. The number of halogens is 1. The quantitative estimate of drug-likeness (QED) is 0.685. The molecular formula is C21H30ClNO2. The van der Waals surface area contributed by atoms with Gasteiger partial charge in [-0.2, -0.15) is 0 Å². The maximum absolute atomic E-state index is 5.49. The molecule has 3 rings (SSSR count). The van der Waals surface area contributed by atoms with Gasteiger partial charge < -0.3 is 9.15 Å². The van der Waals surface area contributed by atoms with Gasteiger partial charge in [0.1, 0.15) is 11.5 Å². The van der Waals surface area contributed by atoms with Crippen molar-refractivity contribution >= 4 is 12.4 Å². The van der Waals surface area contributed by atoms with Crippen molar-refractivity contribution in [3.63, 3.8) is 0 Å². The van der Waals surface area contributed by atoms with Crippen molar-refractivity contribution in [2.75, 3.05) is 20.2 Å². The lowest BCUT2D eigenvalue weighted by Crippen LogP contribution is -2.39. The van der Waals surface area contributed by atoms with E-state index < -0.39 is 0 Å². The Morgan fingerprint density at radius 1 is 1.32 bits per heavy atom. The number of likely N-dealkylation sites (N-methyl/N-ethyl adjacent to an activating group) is 1. The molecule has 1 aromatic heterocycles. The van der Waals surface area contributed by atoms with Crippen molar-refractivity contribution in [3.8, 4) is 5.75 Å². The van der Waals surface area contributed by atoms with Gasteiger partial charge in [0.2, 0.25) is 0 Å². The number of methoxy groups -OCH3 is 1. The van der Waals surface area contributed by atoms with Crippen LogP contribution in [-0.2, 0) is 12.8 Å². The number of furan rings is 1. The average molecular weight is 364 g/mol. The van der Waals surface area contributed by atoms with Crippen LogP contribution in [0.2, 0.25) is 0 Å². The summed E-state index contributed by atoms with van der Waals surface area (Å²) in [5, 5.41) is 0. The highest BCUT2D eigenvalue weighted by Gasteiger charge is 2.28. The maximum atomic E-state index is 5.49. The van der Waals surface area contributed by atoms with E-state index in [2.05, 4.69) is 43.0 Å². The second kappa shape index (κ2) is 9.30. The first kappa shape index (κ1) is 19.9. The largest absolute Gasteiger partial charge is 0.497 e. The standard InChI is InChI=1S/C21H29NO2.ClH/c1-4-22(13-12-18-8-6-14-24-18)16(2)20-9-5-7-17-15-19(23-3)10-11-21(17)20;/h6,8,10-11,14-16,20H,4-5,7,9,12-13H2,1-3H3;1H. The Balaban J connectivity index is 0.00000225. The molecule has 4 heteroatoms. The zero-order valence-corrected chi connectivity index (χ0v) is 16.3. The summed E-state index contributed by atoms with van der Waals surface area (Å²) in [6.45, 7) is 6.77. The van der Waals surface area contributed by atoms with Gasteiger partial charge in [-0.1, -0.05) is 13.0 Å². The number of ether oxygens (including phenoxy) is 1. The molecular weight excluding hydrogens is 334 g/mol. The highest BCUT2D eigenvalue weighted by molar-refractivity contribution is 5.85. The zero-order chi connectivity index (χ0) is 16.9. The molecule has 0 fully saturated rings. The number of rotatable bonds is 7. The summed E-state index contributed by atoms with van der Waals surface area (Å²) in [7, 11) is 1.75. The molecule has 25 heavy (non-hydrogen) atoms. The van der Waals surface area contributed by atoms with Crippen LogP contribution in [0, 0.1) is 0 Å². The Labute approximate surface area is 157 Å². The highest BCUT2D eigenvalue weighted by Crippen LogP contribution is 2.37. The normalized spacial score (nSPS) is 17.7. The summed E-state index contributed by atoms with van der Waals surface area (Å²) in [5.74, 6) is 2.66. The second-order valence-electron chi connectivity index (χ2n) is 6.76. The van der Waals surface area contributed by atoms with Gasteiger partial charge in [0.15, 0.2) is 0 Å². The van der Waals surface area contributed by atoms with Gasteiger partial charge in [0, 0.05) is 19.0 Å². The van der Waals surface area contributed by atoms with Gasteiger partial charge in [-0.05, 0) is 74.0 Å². The van der Waals surface area contributed by atoms with Gasteiger partial charge in [0.25, 0.3) is 0 Å². The fourth-order valence-corrected chi connectivity index (χ4v) is 4.07. The van der Waals surface area contributed by atoms with Gasteiger partial charge >= 0.3 is 0 Å². The molecule has 2 unspecified atom stereocenters. The smallest absolute Gasteiger partial charge is 0.119 e. The van der Waals surface area contributed by atoms with Crippen LogP contribution in [0.25, 0.3) is 0 Å². The fraction of sp³-hybridized carbons (Fsp3) is 0.524. The fourth-order valence-electron chi connectivity index (χ4n) is 4.07. The summed E-state index contributed by atoms with van der Waals surface area (Å²) in [4.78, 5) is 2.59. The van der Waals surface area contributed by atoms with Crippen molar-refractivity contribution in [2.24, 2.45) is 0 Å². The third-order valence-corrected chi connectivity index (χ3v) is 5.50. The van der Waals surface area contributed by atoms with Gasteiger partial charge in [-0.25, -0.2) is 0 Å². The molecule has 1 aliphatic carbocycles. The van der Waals surface area contributed by atoms with Crippen LogP contribution in [0.3, 0.4) is 0 Å². The molecule has 138 valence electrons. The summed E-state index contributed by atoms with van der Waals surface area (Å²) in [5.41, 5.74) is 2.99. The van der Waals surface area contributed by atoms with Gasteiger partial charge in [-0.3, -0.25) is 4.90 Å². The molecule has 0 radical (unpaired) electrons. The Morgan fingerprint density at radius 3 is 2.84 bits per heavy atom. The topological polar surface area (TPSA) is 25.6 Å². The predicted molar refractivity (Wildman–Crippen MR) is 105 cm³/mol. The van der Waals surface area contributed by atoms with Crippen molar-refractivity contribution in [1.29, 1.82) is 0 Å². The summed E-state index contributed by atoms with van der Waals surface area (Å²) in [6.07, 6.45) is 6.46. The molecule has 0 aliphatic heterocycles. The van der Waals surface area contributed by atoms with E-state index in [-0.39, 0.29) is 12.4 Å². The van der Waals surface area contributed by atoms with E-state index in [9.17, 15) is 0 Å². The van der Waals surface area contributed by atoms with E-state index in [0.29, 0.717) is 12.0 Å². The molecule has 0 bridgehead atoms. The van der Waals surface area contributed by atoms with E-state index in [0.717, 1.165) is 31.0 Å². The lowest BCUT2D eigenvalue weighted by Gasteiger charge is -2.37. The number of fused-ring (bicyclic) bond motifs is 1. The van der Waals surface area contributed by atoms with E-state index in [1.54, 1.807) is 13.4 Å². The first-order valence-corrected chi connectivity index (χ1v) is 9.16. The molecule has 1 aromatic carbocycles. The van der Waals surface area contributed by atoms with Gasteiger partial charge in [-0.15, -0.1) is 12.4 Å². The molecule has 0 amide bonds. The van der Waals surface area contributed by atoms with Crippen LogP contribution in [0.4, 0.5) is 0 Å². The Hall–Kier alpha value is -1.45. The minimum absolute atomic E-state index is 0. The number of hydrogen-bond acceptors (Lipinski definition) is 3. The molecule has 2 atom stereocenters. The molecule has 2 aromatic rings. The third-order valence-electron chi connectivity index (χ3n) is 5.50. The summed E-state index contributed by atoms with van der Waals surface area (Å²) < 4.78 is 10.9. The molecule has 0 spiro atoms. The molecule has 3 nitrogen and oxygen atoms in total. The Morgan fingerprint density at radius 2 is 2.16 bits per heavy atom. The van der Waals surface area contributed by atoms with Crippen LogP contribution in [-0.4, -0.2) is 31.1 Å². The molecule has 0 saturated carbocycles. The molecule has 0 saturated heterocycles. The van der Waals surface area contributed by atoms with E-state index >= 15 is 0 Å². The van der Waals surface area contributed by atoms with E-state index in [4.69, 9.17) is 9.15 Å². The first-order valence-electron chi connectivity index (χ1n) is 9.16. The summed E-state index contributed by atoms with van der Waals surface area (Å²) in [6, 6.07) is 11.2. The van der Waals surface area contributed by atoms with Crippen LogP contribution in [0.15, 0.2) is 41.0 Å². The minimum Gasteiger partial charge on any atom is -0.497 e. The second-order valence-corrected chi connectivity index (χ2v) is 6.76. The van der Waals surface area contributed by atoms with Crippen LogP contribution in [0.1, 0.15) is 49.5 Å². The zero-order valence-electron chi connectivity index (χ0n) is 15.5. The van der Waals surface area contributed by atoms with Crippen LogP contribution < -0.4 is 4.74 Å². The van der Waals surface area contributed by atoms with Crippen molar-refractivity contribution in [2.45, 2.75) is 51.5 Å². The van der Waals surface area contributed by atoms with Gasteiger partial charge in [0.05, 0.1) is 13.4 Å². The van der Waals surface area contributed by atoms with E-state index in [1.807, 2.05) is 6.07 Å². The SMILES string of the molecule is CCN(CCc1ccco1)C(C)C1CCCc2cc(OC)ccc21.Cl. The maximum Gasteiger partial charge on any atom is 0.119 e. The first-order chi connectivity index (χ1) is 11.7. The third kappa shape index (κ3) is 4.59. The van der Waals surface area contributed by atoms with Crippen molar-refractivity contribution in [1.82, 2.24) is 4.90 Å². The average Bonchev–Trinajstić information content (AvgIpc) is 3.14. The van der Waals surface area contributed by atoms with Crippen LogP contribution >= 0.6 is 12.4 Å². The van der Waals surface area contributed by atoms with Crippen molar-refractivity contribution < 1.29 is 9.15 Å². The number of nitrogens with zero attached hydrogens (tertiary/aromatic N) is 1. The van der Waals surface area contributed by atoms with E-state index in [1.165, 1.54) is 30.4 Å². The monoisotopic (exact) mass is 363 g/mol. The molecule has 1 aliphatic rings. The van der Waals surface area contributed by atoms with Crippen LogP contribution in [0.5, 0.6) is 5.75 Å². The summed E-state index contributed by atoms with van der Waals surface area (Å²) >= 11 is 0. The number of aryl methyl sites for hydroxylation is 1. The number of benzene rings is 1. The minimum atomic E-state index is 0. The Kier molecular flexibility index (Phi) is 7.39. The molecule has 1 heterocycles. The predicted octanol–water partition coefficient (Wildman–Crippen LogP) is 5.08. The molecule has 0 N–H and O–H groups in total.